The van der Waals surface area contributed by atoms with Gasteiger partial charge in [0.25, 0.3) is 0 Å². The van der Waals surface area contributed by atoms with E-state index in [1.807, 2.05) is 80.5 Å². The number of carbonyl (C=O) groups excluding carboxylic acids is 7. The number of benzene rings is 1. The summed E-state index contributed by atoms with van der Waals surface area (Å²) in [5.41, 5.74) is 1.43. The number of nitrogens with one attached hydrogen (secondary N) is 8. The van der Waals surface area contributed by atoms with Gasteiger partial charge in [0.05, 0.1) is 29.9 Å². The number of amides is 7. The van der Waals surface area contributed by atoms with Crippen LogP contribution in [-0.2, 0) is 46.4 Å². The molecule has 21 heteroatoms. The molecule has 2 aromatic rings. The molecular weight excluding hydrogens is 940 g/mol. The Kier molecular flexibility index (Phi) is 23.7. The van der Waals surface area contributed by atoms with Gasteiger partial charge in [-0.3, -0.25) is 33.6 Å². The average molecular weight is 1020 g/mol. The van der Waals surface area contributed by atoms with Crippen LogP contribution < -0.4 is 42.5 Å². The van der Waals surface area contributed by atoms with Crippen LogP contribution in [0.25, 0.3) is 0 Å². The number of fused-ring (bicyclic) bond motifs is 1. The van der Waals surface area contributed by atoms with Gasteiger partial charge in [-0.2, -0.15) is 0 Å². The molecule has 2 aliphatic rings. The van der Waals surface area contributed by atoms with Crippen LogP contribution in [0.2, 0.25) is 0 Å². The molecule has 1 aromatic heterocycles. The van der Waals surface area contributed by atoms with Crippen molar-refractivity contribution in [3.05, 3.63) is 47.3 Å². The summed E-state index contributed by atoms with van der Waals surface area (Å²) in [5.74, 6) is -2.43. The number of halogens is 2. The van der Waals surface area contributed by atoms with Crippen molar-refractivity contribution in [3.63, 3.8) is 0 Å². The number of hydrogen-bond donors (Lipinski definition) is 8. The van der Waals surface area contributed by atoms with Gasteiger partial charge in [-0.25, -0.2) is 4.68 Å². The van der Waals surface area contributed by atoms with Crippen molar-refractivity contribution in [1.82, 2.24) is 62.4 Å². The first kappa shape index (κ1) is 61.3. The van der Waals surface area contributed by atoms with Gasteiger partial charge in [0, 0.05) is 44.6 Å². The number of carbonyl (C=O) groups is 7. The number of likely N-dealkylation sites (tertiary alicyclic amines) is 1. The lowest BCUT2D eigenvalue weighted by molar-refractivity contribution is -0.144. The Morgan fingerprint density at radius 2 is 1.37 bits per heavy atom. The van der Waals surface area contributed by atoms with E-state index in [2.05, 4.69) is 58.9 Å². The van der Waals surface area contributed by atoms with Crippen LogP contribution >= 0.6 is 24.8 Å². The zero-order chi connectivity index (χ0) is 50.7. The molecule has 9 atom stereocenters. The fourth-order valence-electron chi connectivity index (χ4n) is 8.26. The van der Waals surface area contributed by atoms with E-state index in [1.165, 1.54) is 5.56 Å². The second kappa shape index (κ2) is 27.1. The van der Waals surface area contributed by atoms with Crippen LogP contribution in [-0.4, -0.2) is 131 Å². The van der Waals surface area contributed by atoms with Crippen molar-refractivity contribution in [3.8, 4) is 0 Å². The van der Waals surface area contributed by atoms with Gasteiger partial charge < -0.3 is 47.4 Å². The maximum Gasteiger partial charge on any atom is 0.246 e. The van der Waals surface area contributed by atoms with Crippen molar-refractivity contribution in [2.75, 3.05) is 27.2 Å². The molecule has 8 N–H and O–H groups in total. The predicted octanol–water partition coefficient (Wildman–Crippen LogP) is 2.82. The fraction of sp³-hybridized carbons (Fsp3) is 0.694. The molecule has 70 heavy (non-hydrogen) atoms. The number of nitrogens with zero attached hydrogens (tertiary/aromatic N) is 4. The summed E-state index contributed by atoms with van der Waals surface area (Å²) < 4.78 is 1.64. The number of likely N-dealkylation sites (N-methyl/N-ethyl adjacent to an activating group) is 2. The summed E-state index contributed by atoms with van der Waals surface area (Å²) in [6.07, 6.45) is 4.99. The van der Waals surface area contributed by atoms with E-state index in [0.29, 0.717) is 5.69 Å². The predicted molar refractivity (Wildman–Crippen MR) is 274 cm³/mol. The number of aromatic nitrogens is 3. The third-order valence-corrected chi connectivity index (χ3v) is 13.3. The van der Waals surface area contributed by atoms with Crippen molar-refractivity contribution in [2.45, 2.75) is 175 Å². The lowest BCUT2D eigenvalue weighted by Crippen LogP contribution is -2.60. The van der Waals surface area contributed by atoms with Crippen LogP contribution in [0.3, 0.4) is 0 Å². The maximum absolute atomic E-state index is 14.6. The molecule has 2 heterocycles. The van der Waals surface area contributed by atoms with Crippen molar-refractivity contribution in [2.24, 2.45) is 16.7 Å². The largest absolute Gasteiger partial charge is 0.356 e. The lowest BCUT2D eigenvalue weighted by atomic mass is 9.85. The highest BCUT2D eigenvalue weighted by molar-refractivity contribution is 5.95. The first-order chi connectivity index (χ1) is 31.9. The Balaban J connectivity index is 0.00000840. The Labute approximate surface area is 427 Å². The molecule has 1 aromatic carbocycles. The fourth-order valence-corrected chi connectivity index (χ4v) is 8.26. The minimum absolute atomic E-state index is 0. The minimum Gasteiger partial charge on any atom is -0.356 e. The highest BCUT2D eigenvalue weighted by atomic mass is 35.5. The molecule has 0 spiro atoms. The number of aryl methyl sites for hydroxylation is 2. The Hall–Kier alpha value is -4.85. The van der Waals surface area contributed by atoms with Crippen molar-refractivity contribution >= 4 is 66.2 Å². The Morgan fingerprint density at radius 1 is 0.771 bits per heavy atom. The molecular formula is C49H82Cl2N12O7. The smallest absolute Gasteiger partial charge is 0.246 e. The van der Waals surface area contributed by atoms with Crippen LogP contribution in [0.4, 0.5) is 0 Å². The molecule has 0 saturated carbocycles. The molecule has 7 amide bonds. The average Bonchev–Trinajstić information content (AvgIpc) is 3.95. The summed E-state index contributed by atoms with van der Waals surface area (Å²) in [7, 11) is 3.32. The van der Waals surface area contributed by atoms with E-state index in [-0.39, 0.29) is 111 Å². The minimum atomic E-state index is -0.999. The first-order valence-electron chi connectivity index (χ1n) is 24.3. The van der Waals surface area contributed by atoms with Gasteiger partial charge in [0.1, 0.15) is 24.2 Å². The molecule has 1 aliphatic carbocycles. The van der Waals surface area contributed by atoms with Crippen LogP contribution in [0.1, 0.15) is 137 Å². The van der Waals surface area contributed by atoms with Gasteiger partial charge in [-0.05, 0) is 88.4 Å². The summed E-state index contributed by atoms with van der Waals surface area (Å²) in [4.78, 5) is 96.9. The highest BCUT2D eigenvalue weighted by Crippen LogP contribution is 2.34. The third kappa shape index (κ3) is 16.9. The second-order valence-corrected chi connectivity index (χ2v) is 21.1. The SMILES string of the molecule is CN[C@@H](C)C(=O)NC(C(=O)N[C@@H](CCNC(=O)CCc1cn([C@H]2C[C@@H](C(=O)N[C@@H]3CCCc4ccccc43)N(C(=O)[C@@H](NC(=O)[C@H](C)NC)C(C)(C)C)C2)nn1)C(=O)N[C@H](C)C(C)C)C(C)(C)C.Cl.Cl. The molecule has 1 fully saturated rings. The normalized spacial score (nSPS) is 19.3. The van der Waals surface area contributed by atoms with E-state index >= 15 is 0 Å². The summed E-state index contributed by atoms with van der Waals surface area (Å²) in [6, 6.07) is 2.46. The molecule has 394 valence electrons. The number of rotatable bonds is 21. The van der Waals surface area contributed by atoms with Crippen molar-refractivity contribution in [1.29, 1.82) is 0 Å². The van der Waals surface area contributed by atoms with Gasteiger partial charge in [-0.15, -0.1) is 29.9 Å². The zero-order valence-corrected chi connectivity index (χ0v) is 45.1. The monoisotopic (exact) mass is 1020 g/mol. The van der Waals surface area contributed by atoms with E-state index in [9.17, 15) is 33.6 Å². The summed E-state index contributed by atoms with van der Waals surface area (Å²) in [6.45, 7) is 20.5. The van der Waals surface area contributed by atoms with Crippen LogP contribution in [0.15, 0.2) is 30.5 Å². The zero-order valence-electron chi connectivity index (χ0n) is 43.5. The molecule has 1 unspecified atom stereocenters. The standard InChI is InChI=1S/C49H80N12O7.2ClH/c1-28(2)29(3)53-44(65)37(55-46(67)40(48(6,7)8)56-42(63)30(4)50-12)23-24-52-39(62)22-21-33-26-61(59-58-33)34-25-38(45(66)54-36-20-16-18-32-17-14-15-19-35(32)36)60(27-34)47(68)41(49(9,10)11)57-43(64)31(5)51-13;;/h14-15,17,19,26,28-31,34,36-38,40-41,50-51H,16,18,20-25,27H2,1-13H3,(H,52,62)(H,53,65)(H,54,66)(H,55,67)(H,56,63)(H,57,64);2*1H/t29-,30+,31+,34+,36-,37+,38+,40?,41-;;/m1../s1. The highest BCUT2D eigenvalue weighted by Gasteiger charge is 2.46. The van der Waals surface area contributed by atoms with Gasteiger partial charge in [0.15, 0.2) is 0 Å². The molecule has 0 radical (unpaired) electrons. The lowest BCUT2D eigenvalue weighted by Gasteiger charge is -2.36. The van der Waals surface area contributed by atoms with E-state index < -0.39 is 64.9 Å². The molecule has 0 bridgehead atoms. The van der Waals surface area contributed by atoms with Crippen LogP contribution in [0.5, 0.6) is 0 Å². The Bertz CT molecular complexity index is 2090. The second-order valence-electron chi connectivity index (χ2n) is 21.1. The summed E-state index contributed by atoms with van der Waals surface area (Å²) >= 11 is 0. The van der Waals surface area contributed by atoms with Gasteiger partial charge in [0.2, 0.25) is 41.4 Å². The molecule has 1 saturated heterocycles. The van der Waals surface area contributed by atoms with E-state index in [4.69, 9.17) is 0 Å². The molecule has 4 rings (SSSR count). The Morgan fingerprint density at radius 3 is 1.96 bits per heavy atom. The topological polar surface area (TPSA) is 250 Å². The van der Waals surface area contributed by atoms with Gasteiger partial charge >= 0.3 is 0 Å². The third-order valence-electron chi connectivity index (χ3n) is 13.3. The molecule has 1 aliphatic heterocycles. The van der Waals surface area contributed by atoms with E-state index in [0.717, 1.165) is 24.8 Å². The quantitative estimate of drug-likeness (QED) is 0.0904. The van der Waals surface area contributed by atoms with Crippen molar-refractivity contribution < 1.29 is 33.6 Å². The van der Waals surface area contributed by atoms with Gasteiger partial charge in [-0.1, -0.05) is 84.9 Å². The number of hydrogen-bond acceptors (Lipinski definition) is 11. The van der Waals surface area contributed by atoms with E-state index in [1.54, 1.807) is 43.7 Å². The van der Waals surface area contributed by atoms with Crippen LogP contribution in [0, 0.1) is 16.7 Å². The first-order valence-corrected chi connectivity index (χ1v) is 24.3. The molecule has 19 nitrogen and oxygen atoms in total. The summed E-state index contributed by atoms with van der Waals surface area (Å²) in [5, 5.41) is 32.2. The maximum atomic E-state index is 14.6.